The molecule has 9 heteroatoms. The summed E-state index contributed by atoms with van der Waals surface area (Å²) >= 11 is 3.29. The highest BCUT2D eigenvalue weighted by molar-refractivity contribution is 9.09. The van der Waals surface area contributed by atoms with Crippen LogP contribution in [0.25, 0.3) is 0 Å². The zero-order valence-corrected chi connectivity index (χ0v) is 18.5. The first kappa shape index (κ1) is 26.1. The van der Waals surface area contributed by atoms with E-state index in [4.69, 9.17) is 33.2 Å². The van der Waals surface area contributed by atoms with Gasteiger partial charge in [-0.05, 0) is 12.1 Å². The predicted octanol–water partition coefficient (Wildman–Crippen LogP) is 2.27. The number of halogens is 1. The van der Waals surface area contributed by atoms with Crippen LogP contribution in [0.1, 0.15) is 0 Å². The van der Waals surface area contributed by atoms with Crippen LogP contribution in [-0.4, -0.2) is 96.3 Å². The summed E-state index contributed by atoms with van der Waals surface area (Å²) in [6.07, 6.45) is 0. The fraction of sp³-hybridized carbons (Fsp3) is 0.700. The van der Waals surface area contributed by atoms with Crippen LogP contribution < -0.4 is 4.74 Å². The lowest BCUT2D eigenvalue weighted by molar-refractivity contribution is -0.0172. The summed E-state index contributed by atoms with van der Waals surface area (Å²) in [6.45, 7) is 6.84. The molecule has 1 aromatic carbocycles. The Morgan fingerprint density at radius 2 is 0.931 bits per heavy atom. The number of rotatable bonds is 21. The van der Waals surface area contributed by atoms with Crippen molar-refractivity contribution in [3.05, 3.63) is 24.3 Å². The minimum Gasteiger partial charge on any atom is -0.504 e. The molecule has 1 aromatic rings. The average molecular weight is 481 g/mol. The van der Waals surface area contributed by atoms with E-state index in [1.807, 2.05) is 0 Å². The lowest BCUT2D eigenvalue weighted by atomic mass is 10.3. The van der Waals surface area contributed by atoms with E-state index in [-0.39, 0.29) is 5.75 Å². The van der Waals surface area contributed by atoms with Crippen molar-refractivity contribution >= 4 is 15.9 Å². The predicted molar refractivity (Wildman–Crippen MR) is 112 cm³/mol. The van der Waals surface area contributed by atoms with E-state index in [2.05, 4.69) is 15.9 Å². The SMILES string of the molecule is Oc1ccccc1OCCOCCOCCOCCOCCOCCOCCBr. The van der Waals surface area contributed by atoms with Gasteiger partial charge in [-0.15, -0.1) is 0 Å². The number of phenolic OH excluding ortho intramolecular Hbond substituents is 1. The number of alkyl halides is 1. The van der Waals surface area contributed by atoms with Crippen LogP contribution in [0.2, 0.25) is 0 Å². The summed E-state index contributed by atoms with van der Waals surface area (Å²) in [7, 11) is 0. The third-order valence-corrected chi connectivity index (χ3v) is 3.76. The summed E-state index contributed by atoms with van der Waals surface area (Å²) < 4.78 is 37.6. The van der Waals surface area contributed by atoms with E-state index >= 15 is 0 Å². The maximum atomic E-state index is 9.55. The first-order chi connectivity index (χ1) is 14.3. The topological polar surface area (TPSA) is 84.8 Å². The molecular formula is C20H33BrO8. The third kappa shape index (κ3) is 16.5. The Morgan fingerprint density at radius 3 is 1.34 bits per heavy atom. The summed E-state index contributed by atoms with van der Waals surface area (Å²) in [5.41, 5.74) is 0. The zero-order chi connectivity index (χ0) is 20.8. The highest BCUT2D eigenvalue weighted by Gasteiger charge is 1.99. The second-order valence-corrected chi connectivity index (χ2v) is 6.47. The first-order valence-electron chi connectivity index (χ1n) is 9.78. The van der Waals surface area contributed by atoms with Gasteiger partial charge in [-0.1, -0.05) is 28.1 Å². The minimum absolute atomic E-state index is 0.126. The monoisotopic (exact) mass is 480 g/mol. The van der Waals surface area contributed by atoms with Crippen molar-refractivity contribution in [1.29, 1.82) is 0 Å². The molecule has 29 heavy (non-hydrogen) atoms. The normalized spacial score (nSPS) is 11.1. The molecule has 0 spiro atoms. The van der Waals surface area contributed by atoms with Gasteiger partial charge in [0.05, 0.1) is 79.3 Å². The number of para-hydroxylation sites is 2. The van der Waals surface area contributed by atoms with Gasteiger partial charge in [0.2, 0.25) is 0 Å². The minimum atomic E-state index is 0.126. The van der Waals surface area contributed by atoms with Gasteiger partial charge in [-0.3, -0.25) is 0 Å². The molecule has 0 bridgehead atoms. The highest BCUT2D eigenvalue weighted by atomic mass is 79.9. The van der Waals surface area contributed by atoms with Crippen LogP contribution in [0.5, 0.6) is 11.5 Å². The van der Waals surface area contributed by atoms with Gasteiger partial charge < -0.3 is 38.3 Å². The van der Waals surface area contributed by atoms with Gasteiger partial charge in [0.25, 0.3) is 0 Å². The molecule has 0 aliphatic rings. The Hall–Kier alpha value is -0.940. The van der Waals surface area contributed by atoms with Crippen LogP contribution >= 0.6 is 15.9 Å². The Morgan fingerprint density at radius 1 is 0.552 bits per heavy atom. The molecule has 1 rings (SSSR count). The fourth-order valence-electron chi connectivity index (χ4n) is 2.05. The molecule has 0 saturated carbocycles. The summed E-state index contributed by atoms with van der Waals surface area (Å²) in [4.78, 5) is 0. The Labute approximate surface area is 181 Å². The highest BCUT2D eigenvalue weighted by Crippen LogP contribution is 2.23. The van der Waals surface area contributed by atoms with E-state index in [1.54, 1.807) is 24.3 Å². The third-order valence-electron chi connectivity index (χ3n) is 3.43. The molecule has 0 fully saturated rings. The molecule has 8 nitrogen and oxygen atoms in total. The van der Waals surface area contributed by atoms with Crippen molar-refractivity contribution < 1.29 is 38.3 Å². The van der Waals surface area contributed by atoms with Crippen LogP contribution in [0.3, 0.4) is 0 Å². The maximum Gasteiger partial charge on any atom is 0.161 e. The second-order valence-electron chi connectivity index (χ2n) is 5.68. The summed E-state index contributed by atoms with van der Waals surface area (Å²) in [5.74, 6) is 0.581. The molecule has 0 radical (unpaired) electrons. The Bertz CT molecular complexity index is 478. The lowest BCUT2D eigenvalue weighted by Crippen LogP contribution is -2.15. The molecule has 0 saturated heterocycles. The van der Waals surface area contributed by atoms with Gasteiger partial charge in [0.1, 0.15) is 6.61 Å². The van der Waals surface area contributed by atoms with E-state index in [9.17, 15) is 5.11 Å². The maximum absolute atomic E-state index is 9.55. The molecule has 0 unspecified atom stereocenters. The summed E-state index contributed by atoms with van der Waals surface area (Å²) in [6, 6.07) is 6.84. The van der Waals surface area contributed by atoms with Crippen LogP contribution in [0, 0.1) is 0 Å². The van der Waals surface area contributed by atoms with Gasteiger partial charge >= 0.3 is 0 Å². The van der Waals surface area contributed by atoms with Gasteiger partial charge in [0.15, 0.2) is 11.5 Å². The number of hydrogen-bond donors (Lipinski definition) is 1. The number of ether oxygens (including phenoxy) is 7. The number of aromatic hydroxyl groups is 1. The van der Waals surface area contributed by atoms with Crippen LogP contribution in [0.15, 0.2) is 24.3 Å². The second kappa shape index (κ2) is 20.3. The summed E-state index contributed by atoms with van der Waals surface area (Å²) in [5, 5.41) is 10.4. The molecule has 0 amide bonds. The molecule has 0 atom stereocenters. The molecule has 0 heterocycles. The number of hydrogen-bond acceptors (Lipinski definition) is 8. The van der Waals surface area contributed by atoms with Crippen molar-refractivity contribution in [2.75, 3.05) is 91.2 Å². The van der Waals surface area contributed by atoms with E-state index in [1.165, 1.54) is 0 Å². The molecule has 0 aromatic heterocycles. The average Bonchev–Trinajstić information content (AvgIpc) is 2.73. The molecule has 1 N–H and O–H groups in total. The quantitative estimate of drug-likeness (QED) is 0.212. The number of phenols is 1. The number of benzene rings is 1. The molecular weight excluding hydrogens is 448 g/mol. The largest absolute Gasteiger partial charge is 0.504 e. The Balaban J connectivity index is 1.70. The van der Waals surface area contributed by atoms with Gasteiger partial charge in [0, 0.05) is 5.33 Å². The van der Waals surface area contributed by atoms with E-state index < -0.39 is 0 Å². The standard InChI is InChI=1S/C20H33BrO8/c21-5-6-23-7-8-24-9-10-25-11-12-26-13-14-27-15-16-28-17-18-29-20-4-2-1-3-19(20)22/h1-4,22H,5-18H2. The van der Waals surface area contributed by atoms with Crippen LogP contribution in [-0.2, 0) is 28.4 Å². The van der Waals surface area contributed by atoms with E-state index in [0.29, 0.717) is 91.6 Å². The van der Waals surface area contributed by atoms with Crippen molar-refractivity contribution in [3.8, 4) is 11.5 Å². The molecule has 0 aliphatic heterocycles. The van der Waals surface area contributed by atoms with Crippen molar-refractivity contribution in [3.63, 3.8) is 0 Å². The van der Waals surface area contributed by atoms with Crippen molar-refractivity contribution in [1.82, 2.24) is 0 Å². The Kier molecular flexibility index (Phi) is 18.3. The fourth-order valence-corrected chi connectivity index (χ4v) is 2.27. The first-order valence-corrected chi connectivity index (χ1v) is 10.9. The lowest BCUT2D eigenvalue weighted by Gasteiger charge is -2.09. The van der Waals surface area contributed by atoms with Gasteiger partial charge in [-0.25, -0.2) is 0 Å². The van der Waals surface area contributed by atoms with Crippen molar-refractivity contribution in [2.24, 2.45) is 0 Å². The smallest absolute Gasteiger partial charge is 0.161 e. The zero-order valence-electron chi connectivity index (χ0n) is 16.9. The van der Waals surface area contributed by atoms with Crippen LogP contribution in [0.4, 0.5) is 0 Å². The van der Waals surface area contributed by atoms with Crippen molar-refractivity contribution in [2.45, 2.75) is 0 Å². The molecule has 0 aliphatic carbocycles. The van der Waals surface area contributed by atoms with Gasteiger partial charge in [-0.2, -0.15) is 0 Å². The van der Waals surface area contributed by atoms with E-state index in [0.717, 1.165) is 5.33 Å². The molecule has 168 valence electrons.